The quantitative estimate of drug-likeness (QED) is 0.350. The summed E-state index contributed by atoms with van der Waals surface area (Å²) in [7, 11) is 0. The van der Waals surface area contributed by atoms with Crippen LogP contribution in [0.1, 0.15) is 46.5 Å². The molecule has 1 unspecified atom stereocenters. The molecule has 9 heteroatoms. The summed E-state index contributed by atoms with van der Waals surface area (Å²) in [5, 5.41) is 11.3. The average Bonchev–Trinajstić information content (AvgIpc) is 2.82. The summed E-state index contributed by atoms with van der Waals surface area (Å²) < 4.78 is 38.3. The van der Waals surface area contributed by atoms with Crippen molar-refractivity contribution in [1.29, 1.82) is 0 Å². The second kappa shape index (κ2) is 11.2. The molecule has 0 fully saturated rings. The molecule has 0 saturated carbocycles. The largest absolute Gasteiger partial charge is 0.481 e. The van der Waals surface area contributed by atoms with Gasteiger partial charge in [-0.2, -0.15) is 13.2 Å². The second-order valence-corrected chi connectivity index (χ2v) is 8.77. The summed E-state index contributed by atoms with van der Waals surface area (Å²) in [6.07, 6.45) is -1.95. The van der Waals surface area contributed by atoms with Crippen LogP contribution in [0.3, 0.4) is 0 Å². The van der Waals surface area contributed by atoms with Crippen molar-refractivity contribution in [2.45, 2.75) is 36.1 Å². The molecule has 2 aromatic carbocycles. The van der Waals surface area contributed by atoms with Crippen molar-refractivity contribution in [3.8, 4) is 11.3 Å². The number of benzene rings is 2. The fraction of sp³-hybridized carbons (Fsp3) is 0.240. The first kappa shape index (κ1) is 25.3. The summed E-state index contributed by atoms with van der Waals surface area (Å²) in [4.78, 5) is 28.0. The van der Waals surface area contributed by atoms with Gasteiger partial charge in [-0.25, -0.2) is 0 Å². The Morgan fingerprint density at radius 2 is 1.71 bits per heavy atom. The molecule has 0 spiro atoms. The highest BCUT2D eigenvalue weighted by Gasteiger charge is 2.30. The van der Waals surface area contributed by atoms with Crippen LogP contribution in [-0.4, -0.2) is 28.5 Å². The third-order valence-electron chi connectivity index (χ3n) is 5.06. The summed E-state index contributed by atoms with van der Waals surface area (Å²) in [5.74, 6) is -1.30. The summed E-state index contributed by atoms with van der Waals surface area (Å²) >= 11 is 1.62. The van der Waals surface area contributed by atoms with Crippen LogP contribution >= 0.6 is 11.8 Å². The summed E-state index contributed by atoms with van der Waals surface area (Å²) in [6, 6.07) is 15.7. The Bertz CT molecular complexity index is 1120. The Morgan fingerprint density at radius 3 is 2.24 bits per heavy atom. The number of rotatable bonds is 9. The predicted molar refractivity (Wildman–Crippen MR) is 125 cm³/mol. The maximum atomic E-state index is 12.8. The standard InChI is InChI=1S/C25H23F3N2O3S/c1-2-22(34-20-10-5-17(6-11-20)24(33)29-14-13-23(31)32)18-7-12-21(30-15-18)16-3-8-19(9-4-16)25(26,27)28/h3-12,15,22H,2,13-14H2,1H3,(H,29,33)(H,31,32). The molecule has 0 aliphatic carbocycles. The van der Waals surface area contributed by atoms with Crippen LogP contribution in [0.25, 0.3) is 11.3 Å². The van der Waals surface area contributed by atoms with Crippen LogP contribution in [0, 0.1) is 0 Å². The number of nitrogens with zero attached hydrogens (tertiary/aromatic N) is 1. The number of carbonyl (C=O) groups is 2. The summed E-state index contributed by atoms with van der Waals surface area (Å²) in [6.45, 7) is 2.11. The normalized spacial score (nSPS) is 12.2. The molecule has 2 N–H and O–H groups in total. The van der Waals surface area contributed by atoms with Gasteiger partial charge in [-0.3, -0.25) is 14.6 Å². The van der Waals surface area contributed by atoms with Crippen LogP contribution in [0.15, 0.2) is 71.8 Å². The molecule has 3 aromatic rings. The van der Waals surface area contributed by atoms with Crippen molar-refractivity contribution in [3.63, 3.8) is 0 Å². The Morgan fingerprint density at radius 1 is 1.03 bits per heavy atom. The number of aromatic nitrogens is 1. The number of carboxylic acid groups (broad SMARTS) is 1. The van der Waals surface area contributed by atoms with Gasteiger partial charge in [0.05, 0.1) is 17.7 Å². The third kappa shape index (κ3) is 6.84. The number of carbonyl (C=O) groups excluding carboxylic acids is 1. The van der Waals surface area contributed by atoms with E-state index in [1.165, 1.54) is 12.1 Å². The first-order chi connectivity index (χ1) is 16.2. The van der Waals surface area contributed by atoms with Crippen LogP contribution in [0.2, 0.25) is 0 Å². The van der Waals surface area contributed by atoms with Gasteiger partial charge in [-0.1, -0.05) is 25.1 Å². The number of thioether (sulfide) groups is 1. The number of alkyl halides is 3. The highest BCUT2D eigenvalue weighted by molar-refractivity contribution is 7.99. The molecule has 1 atom stereocenters. The smallest absolute Gasteiger partial charge is 0.416 e. The van der Waals surface area contributed by atoms with Gasteiger partial charge < -0.3 is 10.4 Å². The maximum Gasteiger partial charge on any atom is 0.416 e. The van der Waals surface area contributed by atoms with E-state index in [-0.39, 0.29) is 24.1 Å². The van der Waals surface area contributed by atoms with E-state index in [9.17, 15) is 22.8 Å². The van der Waals surface area contributed by atoms with E-state index in [0.29, 0.717) is 16.8 Å². The van der Waals surface area contributed by atoms with Crippen LogP contribution in [0.5, 0.6) is 0 Å². The van der Waals surface area contributed by atoms with Crippen LogP contribution in [-0.2, 0) is 11.0 Å². The molecular formula is C25H23F3N2O3S. The van der Waals surface area contributed by atoms with Gasteiger partial charge in [0.2, 0.25) is 0 Å². The van der Waals surface area contributed by atoms with E-state index in [1.54, 1.807) is 36.2 Å². The number of halogens is 3. The lowest BCUT2D eigenvalue weighted by atomic mass is 10.1. The van der Waals surface area contributed by atoms with E-state index in [4.69, 9.17) is 5.11 Å². The van der Waals surface area contributed by atoms with Crippen LogP contribution < -0.4 is 5.32 Å². The Hall–Kier alpha value is -3.33. The van der Waals surface area contributed by atoms with Gasteiger partial charge in [0, 0.05) is 34.0 Å². The molecule has 5 nitrogen and oxygen atoms in total. The lowest BCUT2D eigenvalue weighted by Gasteiger charge is -2.15. The molecule has 3 rings (SSSR count). The van der Waals surface area contributed by atoms with Crippen molar-refractivity contribution < 1.29 is 27.9 Å². The number of nitrogens with one attached hydrogen (secondary N) is 1. The van der Waals surface area contributed by atoms with Gasteiger partial charge in [0.25, 0.3) is 5.91 Å². The minimum absolute atomic E-state index is 0.0675. The zero-order valence-electron chi connectivity index (χ0n) is 18.3. The van der Waals surface area contributed by atoms with Gasteiger partial charge in [0.15, 0.2) is 0 Å². The Balaban J connectivity index is 1.64. The fourth-order valence-corrected chi connectivity index (χ4v) is 4.28. The average molecular weight is 489 g/mol. The molecule has 0 aliphatic heterocycles. The number of amides is 1. The van der Waals surface area contributed by atoms with E-state index >= 15 is 0 Å². The zero-order valence-corrected chi connectivity index (χ0v) is 19.1. The molecule has 0 aliphatic rings. The van der Waals surface area contributed by atoms with Gasteiger partial charge >= 0.3 is 12.1 Å². The number of aliphatic carboxylic acids is 1. The monoisotopic (exact) mass is 488 g/mol. The molecule has 178 valence electrons. The second-order valence-electron chi connectivity index (χ2n) is 7.49. The lowest BCUT2D eigenvalue weighted by molar-refractivity contribution is -0.138. The topological polar surface area (TPSA) is 79.3 Å². The van der Waals surface area contributed by atoms with Crippen LogP contribution in [0.4, 0.5) is 13.2 Å². The van der Waals surface area contributed by atoms with Crippen molar-refractivity contribution in [2.24, 2.45) is 0 Å². The summed E-state index contributed by atoms with van der Waals surface area (Å²) in [5.41, 5.74) is 1.94. The predicted octanol–water partition coefficient (Wildman–Crippen LogP) is 6.22. The SMILES string of the molecule is CCC(Sc1ccc(C(=O)NCCC(=O)O)cc1)c1ccc(-c2ccc(C(F)(F)F)cc2)nc1. The van der Waals surface area contributed by atoms with Crippen molar-refractivity contribution >= 4 is 23.6 Å². The van der Waals surface area contributed by atoms with Gasteiger partial charge in [-0.05, 0) is 54.4 Å². The molecule has 1 amide bonds. The highest BCUT2D eigenvalue weighted by atomic mass is 32.2. The highest BCUT2D eigenvalue weighted by Crippen LogP contribution is 2.38. The molecule has 1 aromatic heterocycles. The Kier molecular flexibility index (Phi) is 8.33. The first-order valence-corrected chi connectivity index (χ1v) is 11.5. The van der Waals surface area contributed by atoms with E-state index in [0.717, 1.165) is 29.0 Å². The van der Waals surface area contributed by atoms with Gasteiger partial charge in [0.1, 0.15) is 0 Å². The third-order valence-corrected chi connectivity index (χ3v) is 6.49. The molecular weight excluding hydrogens is 465 g/mol. The molecule has 1 heterocycles. The lowest BCUT2D eigenvalue weighted by Crippen LogP contribution is -2.25. The first-order valence-electron chi connectivity index (χ1n) is 10.6. The van der Waals surface area contributed by atoms with E-state index < -0.39 is 17.7 Å². The van der Waals surface area contributed by atoms with Crippen molar-refractivity contribution in [1.82, 2.24) is 10.3 Å². The molecule has 0 bridgehead atoms. The zero-order chi connectivity index (χ0) is 24.7. The minimum Gasteiger partial charge on any atom is -0.481 e. The van der Waals surface area contributed by atoms with Crippen molar-refractivity contribution in [2.75, 3.05) is 6.54 Å². The maximum absolute atomic E-state index is 12.8. The molecule has 0 radical (unpaired) electrons. The number of hydrogen-bond donors (Lipinski definition) is 2. The Labute approximate surface area is 199 Å². The van der Waals surface area contributed by atoms with Crippen molar-refractivity contribution in [3.05, 3.63) is 83.6 Å². The number of pyridine rings is 1. The van der Waals surface area contributed by atoms with E-state index in [1.807, 2.05) is 25.1 Å². The molecule has 34 heavy (non-hydrogen) atoms. The van der Waals surface area contributed by atoms with Gasteiger partial charge in [-0.15, -0.1) is 11.8 Å². The number of carboxylic acids is 1. The van der Waals surface area contributed by atoms with E-state index in [2.05, 4.69) is 10.3 Å². The minimum atomic E-state index is -4.37. The fourth-order valence-electron chi connectivity index (χ4n) is 3.22. The number of hydrogen-bond acceptors (Lipinski definition) is 4. The molecule has 0 saturated heterocycles.